The van der Waals surface area contributed by atoms with Crippen LogP contribution >= 0.6 is 0 Å². The molecule has 0 N–H and O–H groups in total. The van der Waals surface area contributed by atoms with Crippen LogP contribution in [0.2, 0.25) is 0 Å². The minimum atomic E-state index is 0.0695. The van der Waals surface area contributed by atoms with E-state index < -0.39 is 0 Å². The van der Waals surface area contributed by atoms with Gasteiger partial charge in [0.05, 0.1) is 0 Å². The predicted molar refractivity (Wildman–Crippen MR) is 60.7 cm³/mol. The van der Waals surface area contributed by atoms with Gasteiger partial charge in [-0.15, -0.1) is 0 Å². The van der Waals surface area contributed by atoms with Gasteiger partial charge in [0, 0.05) is 38.9 Å². The van der Waals surface area contributed by atoms with Crippen LogP contribution in [0.5, 0.6) is 0 Å². The van der Waals surface area contributed by atoms with Crippen LogP contribution in [0.15, 0.2) is 35.3 Å². The van der Waals surface area contributed by atoms with Crippen LogP contribution in [0.4, 0.5) is 0 Å². The Kier molecular flexibility index (Phi) is 3.02. The SMILES string of the molecule is Cn1ccc(CN2CC=CCC2)cc1=O. The van der Waals surface area contributed by atoms with Crippen molar-refractivity contribution >= 4 is 0 Å². The molecule has 3 heteroatoms. The lowest BCUT2D eigenvalue weighted by atomic mass is 10.2. The van der Waals surface area contributed by atoms with Crippen molar-refractivity contribution in [2.75, 3.05) is 13.1 Å². The number of nitrogens with zero attached hydrogens (tertiary/aromatic N) is 2. The van der Waals surface area contributed by atoms with Gasteiger partial charge in [-0.05, 0) is 18.1 Å². The molecule has 0 fully saturated rings. The van der Waals surface area contributed by atoms with E-state index in [4.69, 9.17) is 0 Å². The van der Waals surface area contributed by atoms with Gasteiger partial charge in [-0.3, -0.25) is 9.69 Å². The van der Waals surface area contributed by atoms with Gasteiger partial charge in [-0.2, -0.15) is 0 Å². The van der Waals surface area contributed by atoms with Crippen LogP contribution in [0.3, 0.4) is 0 Å². The number of aryl methyl sites for hydroxylation is 1. The highest BCUT2D eigenvalue weighted by molar-refractivity contribution is 5.11. The molecule has 0 spiro atoms. The Morgan fingerprint density at radius 2 is 2.27 bits per heavy atom. The van der Waals surface area contributed by atoms with Gasteiger partial charge >= 0.3 is 0 Å². The number of pyridine rings is 1. The second-order valence-electron chi connectivity index (χ2n) is 3.98. The average Bonchev–Trinajstić information content (AvgIpc) is 2.25. The first-order valence-corrected chi connectivity index (χ1v) is 5.28. The first-order valence-electron chi connectivity index (χ1n) is 5.28. The van der Waals surface area contributed by atoms with Crippen molar-refractivity contribution in [3.8, 4) is 0 Å². The molecule has 1 aromatic heterocycles. The highest BCUT2D eigenvalue weighted by Crippen LogP contribution is 2.06. The second-order valence-corrected chi connectivity index (χ2v) is 3.98. The molecule has 0 aliphatic carbocycles. The van der Waals surface area contributed by atoms with E-state index in [1.165, 1.54) is 0 Å². The molecule has 2 rings (SSSR count). The lowest BCUT2D eigenvalue weighted by molar-refractivity contribution is 0.290. The third-order valence-electron chi connectivity index (χ3n) is 2.72. The highest BCUT2D eigenvalue weighted by atomic mass is 16.1. The standard InChI is InChI=1S/C12H16N2O/c1-13-8-5-11(9-12(13)15)10-14-6-3-2-4-7-14/h2-3,5,8-9H,4,6-7,10H2,1H3. The van der Waals surface area contributed by atoms with Gasteiger partial charge in [0.15, 0.2) is 0 Å². The maximum absolute atomic E-state index is 11.4. The smallest absolute Gasteiger partial charge is 0.250 e. The highest BCUT2D eigenvalue weighted by Gasteiger charge is 2.06. The Morgan fingerprint density at radius 3 is 2.93 bits per heavy atom. The number of aromatic nitrogens is 1. The van der Waals surface area contributed by atoms with Crippen LogP contribution < -0.4 is 5.56 Å². The van der Waals surface area contributed by atoms with Gasteiger partial charge in [-0.25, -0.2) is 0 Å². The fourth-order valence-electron chi connectivity index (χ4n) is 1.78. The third kappa shape index (κ3) is 2.57. The summed E-state index contributed by atoms with van der Waals surface area (Å²) in [5.74, 6) is 0. The monoisotopic (exact) mass is 204 g/mol. The maximum Gasteiger partial charge on any atom is 0.250 e. The number of hydrogen-bond donors (Lipinski definition) is 0. The largest absolute Gasteiger partial charge is 0.319 e. The van der Waals surface area contributed by atoms with Gasteiger partial charge in [0.25, 0.3) is 5.56 Å². The third-order valence-corrected chi connectivity index (χ3v) is 2.72. The fraction of sp³-hybridized carbons (Fsp3) is 0.417. The Morgan fingerprint density at radius 1 is 1.40 bits per heavy atom. The fourth-order valence-corrected chi connectivity index (χ4v) is 1.78. The second kappa shape index (κ2) is 4.45. The van der Waals surface area contributed by atoms with Gasteiger partial charge in [0.1, 0.15) is 0 Å². The van der Waals surface area contributed by atoms with E-state index in [2.05, 4.69) is 17.1 Å². The van der Waals surface area contributed by atoms with Crippen LogP contribution in [0, 0.1) is 0 Å². The van der Waals surface area contributed by atoms with E-state index >= 15 is 0 Å². The van der Waals surface area contributed by atoms with Crippen molar-refractivity contribution in [1.82, 2.24) is 9.47 Å². The summed E-state index contributed by atoms with van der Waals surface area (Å²) in [4.78, 5) is 13.8. The van der Waals surface area contributed by atoms with E-state index in [1.54, 1.807) is 17.7 Å². The maximum atomic E-state index is 11.4. The summed E-state index contributed by atoms with van der Waals surface area (Å²) in [7, 11) is 1.77. The molecule has 0 unspecified atom stereocenters. The average molecular weight is 204 g/mol. The minimum absolute atomic E-state index is 0.0695. The van der Waals surface area contributed by atoms with Crippen LogP contribution in [0.1, 0.15) is 12.0 Å². The van der Waals surface area contributed by atoms with Crippen molar-refractivity contribution in [3.05, 3.63) is 46.4 Å². The summed E-state index contributed by atoms with van der Waals surface area (Å²) in [5, 5.41) is 0. The lowest BCUT2D eigenvalue weighted by Gasteiger charge is -2.22. The molecule has 3 nitrogen and oxygen atoms in total. The molecule has 0 bridgehead atoms. The van der Waals surface area contributed by atoms with Crippen LogP contribution in [-0.4, -0.2) is 22.6 Å². The van der Waals surface area contributed by atoms with Crippen molar-refractivity contribution < 1.29 is 0 Å². The molecular weight excluding hydrogens is 188 g/mol. The molecular formula is C12H16N2O. The molecule has 0 saturated heterocycles. The van der Waals surface area contributed by atoms with E-state index in [9.17, 15) is 4.79 Å². The minimum Gasteiger partial charge on any atom is -0.319 e. The van der Waals surface area contributed by atoms with E-state index in [-0.39, 0.29) is 5.56 Å². The Labute approximate surface area is 89.6 Å². The topological polar surface area (TPSA) is 25.2 Å². The van der Waals surface area contributed by atoms with Gasteiger partial charge < -0.3 is 4.57 Å². The molecule has 80 valence electrons. The molecule has 0 saturated carbocycles. The van der Waals surface area contributed by atoms with Crippen molar-refractivity contribution in [2.24, 2.45) is 7.05 Å². The quantitative estimate of drug-likeness (QED) is 0.675. The molecule has 2 heterocycles. The molecule has 0 aromatic carbocycles. The van der Waals surface area contributed by atoms with Crippen LogP contribution in [-0.2, 0) is 13.6 Å². The zero-order valence-corrected chi connectivity index (χ0v) is 9.02. The molecule has 0 radical (unpaired) electrons. The van der Waals surface area contributed by atoms with E-state index in [1.807, 2.05) is 12.3 Å². The zero-order valence-electron chi connectivity index (χ0n) is 9.02. The van der Waals surface area contributed by atoms with Gasteiger partial charge in [0.2, 0.25) is 0 Å². The molecule has 1 aliphatic heterocycles. The molecule has 1 aromatic rings. The van der Waals surface area contributed by atoms with Crippen molar-refractivity contribution in [2.45, 2.75) is 13.0 Å². The summed E-state index contributed by atoms with van der Waals surface area (Å²) in [6.45, 7) is 2.96. The normalized spacial score (nSPS) is 16.9. The first-order chi connectivity index (χ1) is 7.25. The zero-order chi connectivity index (χ0) is 10.7. The summed E-state index contributed by atoms with van der Waals surface area (Å²) in [5.41, 5.74) is 1.17. The molecule has 0 atom stereocenters. The Hall–Kier alpha value is -1.35. The van der Waals surface area contributed by atoms with E-state index in [0.29, 0.717) is 0 Å². The molecule has 0 amide bonds. The van der Waals surface area contributed by atoms with Gasteiger partial charge in [-0.1, -0.05) is 12.2 Å². The Bertz CT molecular complexity index is 420. The first kappa shape index (κ1) is 10.2. The summed E-state index contributed by atoms with van der Waals surface area (Å²) >= 11 is 0. The number of rotatable bonds is 2. The molecule has 15 heavy (non-hydrogen) atoms. The van der Waals surface area contributed by atoms with E-state index in [0.717, 1.165) is 31.6 Å². The summed E-state index contributed by atoms with van der Waals surface area (Å²) in [6.07, 6.45) is 7.34. The molecule has 1 aliphatic rings. The Balaban J connectivity index is 2.07. The predicted octanol–water partition coefficient (Wildman–Crippen LogP) is 1.15. The lowest BCUT2D eigenvalue weighted by Crippen LogP contribution is -2.27. The summed E-state index contributed by atoms with van der Waals surface area (Å²) < 4.78 is 1.60. The van der Waals surface area contributed by atoms with Crippen LogP contribution in [0.25, 0.3) is 0 Å². The van der Waals surface area contributed by atoms with Crippen molar-refractivity contribution in [1.29, 1.82) is 0 Å². The summed E-state index contributed by atoms with van der Waals surface area (Å²) in [6, 6.07) is 3.73. The number of hydrogen-bond acceptors (Lipinski definition) is 2. The van der Waals surface area contributed by atoms with Crippen molar-refractivity contribution in [3.63, 3.8) is 0 Å².